The normalized spacial score (nSPS) is 10.4. The molecule has 0 atom stereocenters. The number of carboxylic acid groups (broad SMARTS) is 1. The van der Waals surface area contributed by atoms with Crippen molar-refractivity contribution in [1.82, 2.24) is 15.3 Å². The lowest BCUT2D eigenvalue weighted by Crippen LogP contribution is -2.27. The molecule has 0 spiro atoms. The van der Waals surface area contributed by atoms with Crippen molar-refractivity contribution in [3.63, 3.8) is 0 Å². The Morgan fingerprint density at radius 3 is 2.86 bits per heavy atom. The van der Waals surface area contributed by atoms with Gasteiger partial charge in [-0.25, -0.2) is 14.2 Å². The lowest BCUT2D eigenvalue weighted by atomic mass is 10.1. The Morgan fingerprint density at radius 1 is 1.43 bits per heavy atom. The number of carbonyl (C=O) groups excluding carboxylic acids is 1. The van der Waals surface area contributed by atoms with E-state index in [1.54, 1.807) is 13.0 Å². The standard InChI is InChI=1S/C14H14FN3O3/c1-8-6-10(15)3-2-9(8)4-5-16-13(19)11-12(14(20)21)18-7-17-11/h2-3,6-7H,4-5H2,1H3,(H,16,19)(H,17,18)(H,20,21). The number of rotatable bonds is 5. The molecule has 0 aliphatic carbocycles. The van der Waals surface area contributed by atoms with Gasteiger partial charge in [0.05, 0.1) is 6.33 Å². The van der Waals surface area contributed by atoms with E-state index in [1.165, 1.54) is 12.1 Å². The lowest BCUT2D eigenvalue weighted by molar-refractivity contribution is 0.0685. The molecule has 0 unspecified atom stereocenters. The van der Waals surface area contributed by atoms with Crippen LogP contribution >= 0.6 is 0 Å². The van der Waals surface area contributed by atoms with Gasteiger partial charge in [-0.2, -0.15) is 0 Å². The number of carbonyl (C=O) groups is 2. The van der Waals surface area contributed by atoms with Crippen molar-refractivity contribution in [2.24, 2.45) is 0 Å². The molecule has 7 heteroatoms. The molecule has 1 heterocycles. The minimum absolute atomic E-state index is 0.154. The van der Waals surface area contributed by atoms with Gasteiger partial charge in [0.25, 0.3) is 5.91 Å². The number of hydrogen-bond donors (Lipinski definition) is 3. The van der Waals surface area contributed by atoms with Gasteiger partial charge in [0.15, 0.2) is 11.4 Å². The summed E-state index contributed by atoms with van der Waals surface area (Å²) in [5.41, 5.74) is 1.32. The maximum absolute atomic E-state index is 13.0. The van der Waals surface area contributed by atoms with Crippen LogP contribution in [0.3, 0.4) is 0 Å². The first kappa shape index (κ1) is 14.7. The molecular weight excluding hydrogens is 277 g/mol. The third-order valence-electron chi connectivity index (χ3n) is 3.05. The molecule has 1 aromatic heterocycles. The summed E-state index contributed by atoms with van der Waals surface area (Å²) in [6.07, 6.45) is 1.67. The minimum atomic E-state index is -1.24. The molecule has 0 saturated carbocycles. The summed E-state index contributed by atoms with van der Waals surface area (Å²) in [7, 11) is 0. The van der Waals surface area contributed by atoms with Crippen LogP contribution in [0.4, 0.5) is 4.39 Å². The molecule has 3 N–H and O–H groups in total. The molecule has 0 aliphatic heterocycles. The summed E-state index contributed by atoms with van der Waals surface area (Å²) < 4.78 is 13.0. The van der Waals surface area contributed by atoms with E-state index >= 15 is 0 Å². The number of aromatic nitrogens is 2. The molecule has 2 aromatic rings. The Hall–Kier alpha value is -2.70. The Balaban J connectivity index is 1.95. The van der Waals surface area contributed by atoms with Gasteiger partial charge in [0.1, 0.15) is 5.82 Å². The molecule has 0 bridgehead atoms. The highest BCUT2D eigenvalue weighted by Gasteiger charge is 2.19. The van der Waals surface area contributed by atoms with Gasteiger partial charge >= 0.3 is 5.97 Å². The second-order valence-corrected chi connectivity index (χ2v) is 4.51. The number of imidazole rings is 1. The lowest BCUT2D eigenvalue weighted by Gasteiger charge is -2.07. The largest absolute Gasteiger partial charge is 0.477 e. The summed E-state index contributed by atoms with van der Waals surface area (Å²) in [6.45, 7) is 2.09. The number of benzene rings is 1. The van der Waals surface area contributed by atoms with Crippen LogP contribution in [0.1, 0.15) is 32.1 Å². The maximum atomic E-state index is 13.0. The van der Waals surface area contributed by atoms with Crippen LogP contribution < -0.4 is 5.32 Å². The average Bonchev–Trinajstić information content (AvgIpc) is 2.90. The van der Waals surface area contributed by atoms with E-state index in [0.29, 0.717) is 13.0 Å². The molecule has 0 aliphatic rings. The number of nitrogens with one attached hydrogen (secondary N) is 2. The number of H-pyrrole nitrogens is 1. The summed E-state index contributed by atoms with van der Waals surface area (Å²) in [4.78, 5) is 28.8. The van der Waals surface area contributed by atoms with E-state index in [2.05, 4.69) is 15.3 Å². The maximum Gasteiger partial charge on any atom is 0.354 e. The third-order valence-corrected chi connectivity index (χ3v) is 3.05. The molecular formula is C14H14FN3O3. The van der Waals surface area contributed by atoms with Gasteiger partial charge in [-0.15, -0.1) is 0 Å². The van der Waals surface area contributed by atoms with Crippen LogP contribution in [0, 0.1) is 12.7 Å². The van der Waals surface area contributed by atoms with Crippen LogP contribution in [0.2, 0.25) is 0 Å². The van der Waals surface area contributed by atoms with E-state index in [1.807, 2.05) is 0 Å². The number of aromatic amines is 1. The molecule has 1 aromatic carbocycles. The second kappa shape index (κ2) is 6.17. The Morgan fingerprint density at radius 2 is 2.19 bits per heavy atom. The quantitative estimate of drug-likeness (QED) is 0.778. The van der Waals surface area contributed by atoms with Gasteiger partial charge in [-0.3, -0.25) is 4.79 Å². The molecule has 2 rings (SSSR count). The monoisotopic (exact) mass is 291 g/mol. The molecule has 21 heavy (non-hydrogen) atoms. The van der Waals surface area contributed by atoms with Crippen molar-refractivity contribution in [2.45, 2.75) is 13.3 Å². The minimum Gasteiger partial charge on any atom is -0.477 e. The van der Waals surface area contributed by atoms with Crippen LogP contribution in [-0.4, -0.2) is 33.5 Å². The smallest absolute Gasteiger partial charge is 0.354 e. The first-order valence-electron chi connectivity index (χ1n) is 6.29. The van der Waals surface area contributed by atoms with Gasteiger partial charge in [-0.1, -0.05) is 6.07 Å². The summed E-state index contributed by atoms with van der Waals surface area (Å²) in [5.74, 6) is -2.11. The van der Waals surface area contributed by atoms with E-state index < -0.39 is 11.9 Å². The van der Waals surface area contributed by atoms with E-state index in [-0.39, 0.29) is 17.2 Å². The number of hydrogen-bond acceptors (Lipinski definition) is 3. The van der Waals surface area contributed by atoms with E-state index in [9.17, 15) is 14.0 Å². The first-order valence-corrected chi connectivity index (χ1v) is 6.29. The number of amides is 1. The van der Waals surface area contributed by atoms with Crippen LogP contribution in [-0.2, 0) is 6.42 Å². The van der Waals surface area contributed by atoms with Crippen molar-refractivity contribution >= 4 is 11.9 Å². The van der Waals surface area contributed by atoms with Gasteiger partial charge < -0.3 is 15.4 Å². The van der Waals surface area contributed by atoms with Crippen molar-refractivity contribution in [2.75, 3.05) is 6.54 Å². The Labute approximate surface area is 120 Å². The summed E-state index contributed by atoms with van der Waals surface area (Å²) in [6, 6.07) is 4.45. The molecule has 0 fully saturated rings. The van der Waals surface area contributed by atoms with Gasteiger partial charge in [0, 0.05) is 6.54 Å². The zero-order valence-electron chi connectivity index (χ0n) is 11.3. The zero-order chi connectivity index (χ0) is 15.4. The van der Waals surface area contributed by atoms with Crippen LogP contribution in [0.15, 0.2) is 24.5 Å². The topological polar surface area (TPSA) is 95.1 Å². The molecule has 6 nitrogen and oxygen atoms in total. The van der Waals surface area contributed by atoms with Crippen molar-refractivity contribution in [1.29, 1.82) is 0 Å². The predicted molar refractivity (Wildman–Crippen MR) is 72.7 cm³/mol. The predicted octanol–water partition coefficient (Wildman–Crippen LogP) is 1.53. The number of halogens is 1. The fraction of sp³-hybridized carbons (Fsp3) is 0.214. The molecule has 1 amide bonds. The molecule has 110 valence electrons. The van der Waals surface area contributed by atoms with Crippen molar-refractivity contribution in [3.8, 4) is 0 Å². The van der Waals surface area contributed by atoms with E-state index in [0.717, 1.165) is 17.5 Å². The SMILES string of the molecule is Cc1cc(F)ccc1CCNC(=O)c1nc[nH]c1C(=O)O. The van der Waals surface area contributed by atoms with Crippen LogP contribution in [0.5, 0.6) is 0 Å². The number of nitrogens with zero attached hydrogens (tertiary/aromatic N) is 1. The number of aryl methyl sites for hydroxylation is 1. The number of aromatic carboxylic acids is 1. The highest BCUT2D eigenvalue weighted by atomic mass is 19.1. The summed E-state index contributed by atoms with van der Waals surface area (Å²) in [5, 5.41) is 11.5. The van der Waals surface area contributed by atoms with E-state index in [4.69, 9.17) is 5.11 Å². The van der Waals surface area contributed by atoms with Crippen LogP contribution in [0.25, 0.3) is 0 Å². The van der Waals surface area contributed by atoms with Gasteiger partial charge in [0.2, 0.25) is 0 Å². The number of carboxylic acids is 1. The summed E-state index contributed by atoms with van der Waals surface area (Å²) >= 11 is 0. The average molecular weight is 291 g/mol. The van der Waals surface area contributed by atoms with Crippen molar-refractivity contribution in [3.05, 3.63) is 52.9 Å². The fourth-order valence-corrected chi connectivity index (χ4v) is 1.96. The van der Waals surface area contributed by atoms with Gasteiger partial charge in [-0.05, 0) is 36.6 Å². The fourth-order valence-electron chi connectivity index (χ4n) is 1.96. The van der Waals surface area contributed by atoms with Crippen molar-refractivity contribution < 1.29 is 19.1 Å². The Bertz CT molecular complexity index is 682. The molecule has 0 saturated heterocycles. The highest BCUT2D eigenvalue weighted by Crippen LogP contribution is 2.10. The first-order chi connectivity index (χ1) is 9.99. The second-order valence-electron chi connectivity index (χ2n) is 4.51. The Kier molecular flexibility index (Phi) is 4.32. The molecule has 0 radical (unpaired) electrons. The highest BCUT2D eigenvalue weighted by molar-refractivity contribution is 6.02. The zero-order valence-corrected chi connectivity index (χ0v) is 11.3. The third kappa shape index (κ3) is 3.44.